The lowest BCUT2D eigenvalue weighted by Gasteiger charge is -2.08. The Labute approximate surface area is 146 Å². The summed E-state index contributed by atoms with van der Waals surface area (Å²) in [6.45, 7) is 0.726. The highest BCUT2D eigenvalue weighted by Crippen LogP contribution is 2.11. The Kier molecular flexibility index (Phi) is 6.63. The molecule has 0 unspecified atom stereocenters. The maximum Gasteiger partial charge on any atom is 0.251 e. The molecule has 2 amide bonds. The first-order valence-electron chi connectivity index (χ1n) is 7.52. The quantitative estimate of drug-likeness (QED) is 0.757. The van der Waals surface area contributed by atoms with Gasteiger partial charge in [0.15, 0.2) is 0 Å². The molecule has 0 saturated carbocycles. The smallest absolute Gasteiger partial charge is 0.251 e. The van der Waals surface area contributed by atoms with E-state index >= 15 is 0 Å². The minimum atomic E-state index is -0.198. The monoisotopic (exact) mass is 346 g/mol. The van der Waals surface area contributed by atoms with Gasteiger partial charge in [-0.2, -0.15) is 0 Å². The van der Waals surface area contributed by atoms with Crippen LogP contribution in [-0.2, 0) is 11.2 Å². The standard InChI is InChI=1S/C18H19ClN2O3/c1-24-16-8-2-13(3-9-16)12-17(22)20-10-11-21-18(23)14-4-6-15(19)7-5-14/h2-9H,10-12H2,1H3,(H,20,22)(H,21,23). The van der Waals surface area contributed by atoms with Crippen LogP contribution < -0.4 is 15.4 Å². The predicted molar refractivity (Wildman–Crippen MR) is 93.5 cm³/mol. The second-order valence-electron chi connectivity index (χ2n) is 5.14. The maximum atomic E-state index is 11.9. The van der Waals surface area contributed by atoms with Gasteiger partial charge >= 0.3 is 0 Å². The summed E-state index contributed by atoms with van der Waals surface area (Å²) in [5, 5.41) is 6.09. The molecule has 2 N–H and O–H groups in total. The van der Waals surface area contributed by atoms with Gasteiger partial charge in [0.2, 0.25) is 5.91 Å². The number of benzene rings is 2. The van der Waals surface area contributed by atoms with Gasteiger partial charge in [-0.1, -0.05) is 23.7 Å². The number of halogens is 1. The Morgan fingerprint density at radius 1 is 0.958 bits per heavy atom. The van der Waals surface area contributed by atoms with Crippen LogP contribution in [0.25, 0.3) is 0 Å². The van der Waals surface area contributed by atoms with E-state index < -0.39 is 0 Å². The number of nitrogens with one attached hydrogen (secondary N) is 2. The highest BCUT2D eigenvalue weighted by Gasteiger charge is 2.06. The summed E-state index contributed by atoms with van der Waals surface area (Å²) in [5.41, 5.74) is 1.43. The molecule has 0 saturated heterocycles. The molecule has 6 heteroatoms. The van der Waals surface area contributed by atoms with Crippen molar-refractivity contribution in [2.45, 2.75) is 6.42 Å². The lowest BCUT2D eigenvalue weighted by molar-refractivity contribution is -0.120. The Balaban J connectivity index is 1.68. The molecule has 0 bridgehead atoms. The van der Waals surface area contributed by atoms with E-state index in [2.05, 4.69) is 10.6 Å². The SMILES string of the molecule is COc1ccc(CC(=O)NCCNC(=O)c2ccc(Cl)cc2)cc1. The van der Waals surface area contributed by atoms with E-state index in [4.69, 9.17) is 16.3 Å². The van der Waals surface area contributed by atoms with E-state index in [0.29, 0.717) is 23.7 Å². The van der Waals surface area contributed by atoms with Crippen LogP contribution in [0.5, 0.6) is 5.75 Å². The number of hydrogen-bond donors (Lipinski definition) is 2. The molecule has 0 fully saturated rings. The molecule has 0 aromatic heterocycles. The number of ether oxygens (including phenoxy) is 1. The van der Waals surface area contributed by atoms with E-state index in [-0.39, 0.29) is 18.2 Å². The normalized spacial score (nSPS) is 10.1. The van der Waals surface area contributed by atoms with Crippen LogP contribution in [0.15, 0.2) is 48.5 Å². The Hall–Kier alpha value is -2.53. The molecule has 24 heavy (non-hydrogen) atoms. The highest BCUT2D eigenvalue weighted by atomic mass is 35.5. The molecule has 0 atom stereocenters. The summed E-state index contributed by atoms with van der Waals surface area (Å²) < 4.78 is 5.07. The van der Waals surface area contributed by atoms with Gasteiger partial charge in [-0.05, 0) is 42.0 Å². The van der Waals surface area contributed by atoms with Crippen LogP contribution in [0.3, 0.4) is 0 Å². The van der Waals surface area contributed by atoms with Crippen LogP contribution in [-0.4, -0.2) is 32.0 Å². The molecule has 5 nitrogen and oxygen atoms in total. The topological polar surface area (TPSA) is 67.4 Å². The van der Waals surface area contributed by atoms with Crippen LogP contribution in [0.2, 0.25) is 5.02 Å². The zero-order valence-corrected chi connectivity index (χ0v) is 14.1. The third-order valence-electron chi connectivity index (χ3n) is 3.36. The summed E-state index contributed by atoms with van der Waals surface area (Å²) in [7, 11) is 1.60. The van der Waals surface area contributed by atoms with Gasteiger partial charge in [0, 0.05) is 23.7 Å². The van der Waals surface area contributed by atoms with Gasteiger partial charge in [0.05, 0.1) is 13.5 Å². The molecule has 0 aliphatic carbocycles. The van der Waals surface area contributed by atoms with Gasteiger partial charge in [-0.3, -0.25) is 9.59 Å². The third-order valence-corrected chi connectivity index (χ3v) is 3.61. The van der Waals surface area contributed by atoms with Crippen molar-refractivity contribution in [2.75, 3.05) is 20.2 Å². The number of hydrogen-bond acceptors (Lipinski definition) is 3. The summed E-state index contributed by atoms with van der Waals surface area (Å²) >= 11 is 5.78. The van der Waals surface area contributed by atoms with E-state index in [0.717, 1.165) is 11.3 Å². The Morgan fingerprint density at radius 2 is 1.58 bits per heavy atom. The summed E-state index contributed by atoms with van der Waals surface area (Å²) in [4.78, 5) is 23.7. The van der Waals surface area contributed by atoms with Crippen LogP contribution in [0.4, 0.5) is 0 Å². The molecule has 0 aliphatic rings. The van der Waals surface area contributed by atoms with Crippen molar-refractivity contribution in [2.24, 2.45) is 0 Å². The molecule has 0 radical (unpaired) electrons. The molecule has 2 rings (SSSR count). The average Bonchev–Trinajstić information content (AvgIpc) is 2.60. The van der Waals surface area contributed by atoms with E-state index in [1.165, 1.54) is 0 Å². The first kappa shape index (κ1) is 17.8. The molecular weight excluding hydrogens is 328 g/mol. The lowest BCUT2D eigenvalue weighted by atomic mass is 10.1. The second kappa shape index (κ2) is 8.93. The maximum absolute atomic E-state index is 11.9. The zero-order chi connectivity index (χ0) is 17.4. The number of rotatable bonds is 7. The fourth-order valence-corrected chi connectivity index (χ4v) is 2.20. The minimum Gasteiger partial charge on any atom is -0.497 e. The molecule has 2 aromatic rings. The van der Waals surface area contributed by atoms with Crippen molar-refractivity contribution < 1.29 is 14.3 Å². The second-order valence-corrected chi connectivity index (χ2v) is 5.57. The largest absolute Gasteiger partial charge is 0.497 e. The van der Waals surface area contributed by atoms with Gasteiger partial charge in [0.25, 0.3) is 5.91 Å². The fraction of sp³-hybridized carbons (Fsp3) is 0.222. The van der Waals surface area contributed by atoms with Crippen LogP contribution in [0.1, 0.15) is 15.9 Å². The van der Waals surface area contributed by atoms with Crippen LogP contribution >= 0.6 is 11.6 Å². The highest BCUT2D eigenvalue weighted by molar-refractivity contribution is 6.30. The van der Waals surface area contributed by atoms with Crippen LogP contribution in [0, 0.1) is 0 Å². The van der Waals surface area contributed by atoms with E-state index in [1.54, 1.807) is 31.4 Å². The molecule has 0 spiro atoms. The van der Waals surface area contributed by atoms with Crippen molar-refractivity contribution in [3.63, 3.8) is 0 Å². The number of carbonyl (C=O) groups excluding carboxylic acids is 2. The predicted octanol–water partition coefficient (Wildman–Crippen LogP) is 2.44. The number of amides is 2. The minimum absolute atomic E-state index is 0.0964. The van der Waals surface area contributed by atoms with Crippen molar-refractivity contribution in [1.29, 1.82) is 0 Å². The van der Waals surface area contributed by atoms with Gasteiger partial charge in [0.1, 0.15) is 5.75 Å². The zero-order valence-electron chi connectivity index (χ0n) is 13.3. The van der Waals surface area contributed by atoms with Gasteiger partial charge < -0.3 is 15.4 Å². The van der Waals surface area contributed by atoms with Crippen molar-refractivity contribution in [3.05, 3.63) is 64.7 Å². The van der Waals surface area contributed by atoms with Crippen molar-refractivity contribution in [3.8, 4) is 5.75 Å². The summed E-state index contributed by atoms with van der Waals surface area (Å²) in [6.07, 6.45) is 0.287. The molecular formula is C18H19ClN2O3. The van der Waals surface area contributed by atoms with E-state index in [9.17, 15) is 9.59 Å². The van der Waals surface area contributed by atoms with Crippen molar-refractivity contribution in [1.82, 2.24) is 10.6 Å². The van der Waals surface area contributed by atoms with E-state index in [1.807, 2.05) is 24.3 Å². The van der Waals surface area contributed by atoms with Gasteiger partial charge in [-0.15, -0.1) is 0 Å². The summed E-state index contributed by atoms with van der Waals surface area (Å²) in [6, 6.07) is 13.9. The van der Waals surface area contributed by atoms with Gasteiger partial charge in [-0.25, -0.2) is 0 Å². The number of carbonyl (C=O) groups is 2. The summed E-state index contributed by atoms with van der Waals surface area (Å²) in [5.74, 6) is 0.459. The first-order chi connectivity index (χ1) is 11.6. The average molecular weight is 347 g/mol. The molecule has 0 aliphatic heterocycles. The molecule has 2 aromatic carbocycles. The molecule has 126 valence electrons. The lowest BCUT2D eigenvalue weighted by Crippen LogP contribution is -2.35. The molecule has 0 heterocycles. The Bertz CT molecular complexity index is 684. The number of methoxy groups -OCH3 is 1. The Morgan fingerprint density at radius 3 is 2.21 bits per heavy atom. The third kappa shape index (κ3) is 5.59. The fourth-order valence-electron chi connectivity index (χ4n) is 2.07. The first-order valence-corrected chi connectivity index (χ1v) is 7.89. The van der Waals surface area contributed by atoms with Crippen molar-refractivity contribution >= 4 is 23.4 Å².